The highest BCUT2D eigenvalue weighted by molar-refractivity contribution is 7.80. The molecule has 0 fully saturated rings. The molecule has 0 aliphatic heterocycles. The summed E-state index contributed by atoms with van der Waals surface area (Å²) >= 11 is 4.62. The number of aryl methyl sites for hydroxylation is 1. The van der Waals surface area contributed by atoms with Gasteiger partial charge in [0.15, 0.2) is 0 Å². The second-order valence-electron chi connectivity index (χ2n) is 3.20. The van der Waals surface area contributed by atoms with E-state index in [0.717, 1.165) is 5.82 Å². The van der Waals surface area contributed by atoms with Gasteiger partial charge in [0.2, 0.25) is 5.91 Å². The molecule has 3 N–H and O–H groups in total. The lowest BCUT2D eigenvalue weighted by Gasteiger charge is -2.04. The van der Waals surface area contributed by atoms with Gasteiger partial charge in [0, 0.05) is 32.4 Å². The van der Waals surface area contributed by atoms with Crippen LogP contribution in [0.3, 0.4) is 0 Å². The largest absolute Gasteiger partial charge is 0.393 e. The fraction of sp³-hybridized carbons (Fsp3) is 0.444. The van der Waals surface area contributed by atoms with Gasteiger partial charge in [0.25, 0.3) is 0 Å². The first-order chi connectivity index (χ1) is 7.09. The smallest absolute Gasteiger partial charge is 0.226 e. The highest BCUT2D eigenvalue weighted by Crippen LogP contribution is 1.94. The van der Waals surface area contributed by atoms with E-state index >= 15 is 0 Å². The number of carbonyl (C=O) groups is 1. The molecule has 0 atom stereocenters. The Hall–Kier alpha value is -1.43. The number of hydrogen-bond acceptors (Lipinski definition) is 3. The van der Waals surface area contributed by atoms with Gasteiger partial charge in [-0.25, -0.2) is 4.98 Å². The standard InChI is InChI=1S/C9H14N4OS/c1-13-5-4-11-8(13)2-3-12-9(14)6-7(10)15/h4-5H,2-3,6H2,1H3,(H2,10,15)(H,12,14). The first-order valence-corrected chi connectivity index (χ1v) is 5.01. The summed E-state index contributed by atoms with van der Waals surface area (Å²) in [6.45, 7) is 0.548. The molecule has 15 heavy (non-hydrogen) atoms. The summed E-state index contributed by atoms with van der Waals surface area (Å²) in [5, 5.41) is 2.72. The first-order valence-electron chi connectivity index (χ1n) is 4.61. The van der Waals surface area contributed by atoms with Gasteiger partial charge in [-0.15, -0.1) is 0 Å². The first kappa shape index (κ1) is 11.6. The van der Waals surface area contributed by atoms with Crippen molar-refractivity contribution < 1.29 is 4.79 Å². The third kappa shape index (κ3) is 4.07. The van der Waals surface area contributed by atoms with Crippen molar-refractivity contribution in [3.8, 4) is 0 Å². The molecular weight excluding hydrogens is 212 g/mol. The zero-order valence-electron chi connectivity index (χ0n) is 8.56. The molecule has 82 valence electrons. The lowest BCUT2D eigenvalue weighted by Crippen LogP contribution is -2.29. The number of rotatable bonds is 5. The molecule has 0 aliphatic rings. The number of amides is 1. The molecule has 0 aliphatic carbocycles. The number of carbonyl (C=O) groups excluding carboxylic acids is 1. The summed E-state index contributed by atoms with van der Waals surface area (Å²) in [7, 11) is 1.92. The van der Waals surface area contributed by atoms with Crippen molar-refractivity contribution >= 4 is 23.1 Å². The van der Waals surface area contributed by atoms with Crippen LogP contribution in [0.2, 0.25) is 0 Å². The Morgan fingerprint density at radius 2 is 2.47 bits per heavy atom. The summed E-state index contributed by atoms with van der Waals surface area (Å²) in [5.74, 6) is 0.794. The van der Waals surface area contributed by atoms with Crippen LogP contribution < -0.4 is 11.1 Å². The molecule has 1 rings (SSSR count). The highest BCUT2D eigenvalue weighted by Gasteiger charge is 2.03. The Morgan fingerprint density at radius 3 is 3.00 bits per heavy atom. The average molecular weight is 226 g/mol. The minimum atomic E-state index is -0.142. The number of nitrogens with one attached hydrogen (secondary N) is 1. The predicted molar refractivity (Wildman–Crippen MR) is 61.3 cm³/mol. The number of aromatic nitrogens is 2. The number of imidazole rings is 1. The maximum Gasteiger partial charge on any atom is 0.226 e. The van der Waals surface area contributed by atoms with Gasteiger partial charge in [0.05, 0.1) is 11.4 Å². The van der Waals surface area contributed by atoms with Crippen molar-refractivity contribution in [3.63, 3.8) is 0 Å². The third-order valence-electron chi connectivity index (χ3n) is 1.93. The van der Waals surface area contributed by atoms with E-state index in [-0.39, 0.29) is 17.3 Å². The zero-order chi connectivity index (χ0) is 11.3. The van der Waals surface area contributed by atoms with Crippen molar-refractivity contribution in [1.82, 2.24) is 14.9 Å². The van der Waals surface area contributed by atoms with Crippen molar-refractivity contribution in [3.05, 3.63) is 18.2 Å². The van der Waals surface area contributed by atoms with Crippen LogP contribution in [0.5, 0.6) is 0 Å². The average Bonchev–Trinajstić information content (AvgIpc) is 2.50. The maximum absolute atomic E-state index is 11.2. The Kier molecular flexibility index (Phi) is 4.23. The van der Waals surface area contributed by atoms with E-state index < -0.39 is 0 Å². The van der Waals surface area contributed by atoms with E-state index in [2.05, 4.69) is 22.5 Å². The minimum Gasteiger partial charge on any atom is -0.393 e. The number of nitrogens with two attached hydrogens (primary N) is 1. The SMILES string of the molecule is Cn1ccnc1CCNC(=O)CC(N)=S. The number of hydrogen-bond donors (Lipinski definition) is 2. The van der Waals surface area contributed by atoms with Crippen molar-refractivity contribution in [2.24, 2.45) is 12.8 Å². The van der Waals surface area contributed by atoms with Crippen LogP contribution >= 0.6 is 12.2 Å². The molecule has 6 heteroatoms. The molecule has 1 amide bonds. The maximum atomic E-state index is 11.2. The van der Waals surface area contributed by atoms with Crippen molar-refractivity contribution in [2.45, 2.75) is 12.8 Å². The Labute approximate surface area is 93.7 Å². The molecule has 0 aromatic carbocycles. The molecular formula is C9H14N4OS. The van der Waals surface area contributed by atoms with Crippen molar-refractivity contribution in [1.29, 1.82) is 0 Å². The van der Waals surface area contributed by atoms with Crippen LogP contribution in [-0.2, 0) is 18.3 Å². The predicted octanol–water partition coefficient (Wildman–Crippen LogP) is -0.245. The molecule has 0 spiro atoms. The van der Waals surface area contributed by atoms with Crippen LogP contribution in [0, 0.1) is 0 Å². The van der Waals surface area contributed by atoms with Gasteiger partial charge >= 0.3 is 0 Å². The molecule has 0 saturated carbocycles. The summed E-state index contributed by atoms with van der Waals surface area (Å²) in [6.07, 6.45) is 4.40. The number of thiocarbonyl (C=S) groups is 1. The Morgan fingerprint density at radius 1 is 1.73 bits per heavy atom. The second kappa shape index (κ2) is 5.45. The van der Waals surface area contributed by atoms with Crippen molar-refractivity contribution in [2.75, 3.05) is 6.54 Å². The molecule has 5 nitrogen and oxygen atoms in total. The summed E-state index contributed by atoms with van der Waals surface area (Å²) in [4.78, 5) is 15.5. The quantitative estimate of drug-likeness (QED) is 0.679. The minimum absolute atomic E-state index is 0.107. The lowest BCUT2D eigenvalue weighted by atomic mass is 10.3. The molecule has 1 aromatic heterocycles. The molecule has 0 saturated heterocycles. The van der Waals surface area contributed by atoms with E-state index in [4.69, 9.17) is 5.73 Å². The summed E-state index contributed by atoms with van der Waals surface area (Å²) < 4.78 is 1.92. The van der Waals surface area contributed by atoms with Gasteiger partial charge in [-0.05, 0) is 0 Å². The van der Waals surface area contributed by atoms with Gasteiger partial charge in [-0.2, -0.15) is 0 Å². The Bertz CT molecular complexity index is 361. The van der Waals surface area contributed by atoms with Crippen LogP contribution in [0.15, 0.2) is 12.4 Å². The van der Waals surface area contributed by atoms with E-state index in [1.807, 2.05) is 17.8 Å². The molecule has 1 heterocycles. The van der Waals surface area contributed by atoms with Gasteiger partial charge < -0.3 is 15.6 Å². The normalized spacial score (nSPS) is 9.93. The third-order valence-corrected chi connectivity index (χ3v) is 2.07. The number of nitrogens with zero attached hydrogens (tertiary/aromatic N) is 2. The van der Waals surface area contributed by atoms with E-state index in [1.54, 1.807) is 6.20 Å². The van der Waals surface area contributed by atoms with Crippen LogP contribution in [-0.4, -0.2) is 27.0 Å². The van der Waals surface area contributed by atoms with E-state index in [0.29, 0.717) is 13.0 Å². The monoisotopic (exact) mass is 226 g/mol. The van der Waals surface area contributed by atoms with Crippen LogP contribution in [0.4, 0.5) is 0 Å². The fourth-order valence-corrected chi connectivity index (χ4v) is 1.30. The molecule has 0 bridgehead atoms. The zero-order valence-corrected chi connectivity index (χ0v) is 9.38. The van der Waals surface area contributed by atoms with Crippen LogP contribution in [0.1, 0.15) is 12.2 Å². The molecule has 1 aromatic rings. The van der Waals surface area contributed by atoms with Gasteiger partial charge in [-0.1, -0.05) is 12.2 Å². The topological polar surface area (TPSA) is 72.9 Å². The highest BCUT2D eigenvalue weighted by atomic mass is 32.1. The van der Waals surface area contributed by atoms with Gasteiger partial charge in [-0.3, -0.25) is 4.79 Å². The summed E-state index contributed by atoms with van der Waals surface area (Å²) in [5.41, 5.74) is 5.24. The summed E-state index contributed by atoms with van der Waals surface area (Å²) in [6, 6.07) is 0. The van der Waals surface area contributed by atoms with Crippen LogP contribution in [0.25, 0.3) is 0 Å². The van der Waals surface area contributed by atoms with E-state index in [1.165, 1.54) is 0 Å². The molecule has 0 unspecified atom stereocenters. The lowest BCUT2D eigenvalue weighted by molar-refractivity contribution is -0.119. The van der Waals surface area contributed by atoms with Gasteiger partial charge in [0.1, 0.15) is 5.82 Å². The second-order valence-corrected chi connectivity index (χ2v) is 3.72. The fourth-order valence-electron chi connectivity index (χ4n) is 1.17. The van der Waals surface area contributed by atoms with E-state index in [9.17, 15) is 4.79 Å². The molecule has 0 radical (unpaired) electrons. The Balaban J connectivity index is 2.25.